The highest BCUT2D eigenvalue weighted by Gasteiger charge is 1.96. The molecule has 0 spiro atoms. The summed E-state index contributed by atoms with van der Waals surface area (Å²) in [5, 5.41) is 3.30. The summed E-state index contributed by atoms with van der Waals surface area (Å²) in [6.45, 7) is 3.56. The Balaban J connectivity index is 1.83. The lowest BCUT2D eigenvalue weighted by molar-refractivity contribution is 0.668. The fraction of sp³-hybridized carbons (Fsp3) is 0.273. The standard InChI is InChI=1S/C11H14N4/c1-9-3-2-4-10(15-9)5-12-6-11-7-13-8-14-11/h2-4,7-8,12H,5-6H2,1H3,(H,13,14). The number of imidazole rings is 1. The van der Waals surface area contributed by atoms with Crippen molar-refractivity contribution in [2.45, 2.75) is 20.0 Å². The molecule has 0 fully saturated rings. The molecule has 0 amide bonds. The van der Waals surface area contributed by atoms with Crippen LogP contribution in [0.25, 0.3) is 0 Å². The monoisotopic (exact) mass is 202 g/mol. The zero-order valence-corrected chi connectivity index (χ0v) is 8.70. The van der Waals surface area contributed by atoms with Gasteiger partial charge in [-0.15, -0.1) is 0 Å². The summed E-state index contributed by atoms with van der Waals surface area (Å²) in [6, 6.07) is 6.04. The number of H-pyrrole nitrogens is 1. The van der Waals surface area contributed by atoms with Crippen molar-refractivity contribution in [3.63, 3.8) is 0 Å². The Morgan fingerprint density at radius 1 is 1.33 bits per heavy atom. The van der Waals surface area contributed by atoms with Gasteiger partial charge in [-0.3, -0.25) is 4.98 Å². The Morgan fingerprint density at radius 2 is 2.27 bits per heavy atom. The van der Waals surface area contributed by atoms with Crippen LogP contribution in [0.2, 0.25) is 0 Å². The normalized spacial score (nSPS) is 10.5. The fourth-order valence-electron chi connectivity index (χ4n) is 1.40. The van der Waals surface area contributed by atoms with Crippen molar-refractivity contribution in [3.8, 4) is 0 Å². The molecule has 0 saturated carbocycles. The molecule has 0 aromatic carbocycles. The van der Waals surface area contributed by atoms with E-state index in [2.05, 4.69) is 20.3 Å². The maximum absolute atomic E-state index is 4.40. The minimum Gasteiger partial charge on any atom is -0.347 e. The molecular formula is C11H14N4. The van der Waals surface area contributed by atoms with E-state index >= 15 is 0 Å². The summed E-state index contributed by atoms with van der Waals surface area (Å²) in [5.74, 6) is 0. The zero-order valence-electron chi connectivity index (χ0n) is 8.70. The van der Waals surface area contributed by atoms with Gasteiger partial charge in [-0.05, 0) is 19.1 Å². The number of nitrogens with one attached hydrogen (secondary N) is 2. The highest BCUT2D eigenvalue weighted by molar-refractivity contribution is 5.09. The first-order chi connectivity index (χ1) is 7.34. The Kier molecular flexibility index (Phi) is 3.09. The van der Waals surface area contributed by atoms with E-state index in [4.69, 9.17) is 0 Å². The molecule has 0 aliphatic heterocycles. The predicted molar refractivity (Wildman–Crippen MR) is 58.1 cm³/mol. The molecule has 4 heteroatoms. The third-order valence-electron chi connectivity index (χ3n) is 2.12. The molecule has 0 aliphatic rings. The van der Waals surface area contributed by atoms with E-state index in [-0.39, 0.29) is 0 Å². The van der Waals surface area contributed by atoms with Crippen LogP contribution >= 0.6 is 0 Å². The van der Waals surface area contributed by atoms with Gasteiger partial charge in [0.2, 0.25) is 0 Å². The number of pyridine rings is 1. The summed E-state index contributed by atoms with van der Waals surface area (Å²) >= 11 is 0. The van der Waals surface area contributed by atoms with E-state index in [0.717, 1.165) is 30.2 Å². The largest absolute Gasteiger partial charge is 0.347 e. The van der Waals surface area contributed by atoms with Crippen LogP contribution in [0.3, 0.4) is 0 Å². The molecule has 15 heavy (non-hydrogen) atoms. The minimum atomic E-state index is 0.778. The third-order valence-corrected chi connectivity index (χ3v) is 2.12. The summed E-state index contributed by atoms with van der Waals surface area (Å²) in [6.07, 6.45) is 3.50. The van der Waals surface area contributed by atoms with Gasteiger partial charge in [0.25, 0.3) is 0 Å². The van der Waals surface area contributed by atoms with E-state index < -0.39 is 0 Å². The maximum atomic E-state index is 4.40. The number of aromatic nitrogens is 3. The Labute approximate surface area is 88.8 Å². The first-order valence-electron chi connectivity index (χ1n) is 4.95. The molecule has 0 unspecified atom stereocenters. The Hall–Kier alpha value is -1.68. The van der Waals surface area contributed by atoms with Crippen LogP contribution in [0.5, 0.6) is 0 Å². The molecule has 0 radical (unpaired) electrons. The quantitative estimate of drug-likeness (QED) is 0.788. The van der Waals surface area contributed by atoms with Gasteiger partial charge in [0.15, 0.2) is 0 Å². The van der Waals surface area contributed by atoms with Crippen LogP contribution in [0.1, 0.15) is 17.1 Å². The van der Waals surface area contributed by atoms with Crippen molar-refractivity contribution < 1.29 is 0 Å². The lowest BCUT2D eigenvalue weighted by atomic mass is 10.3. The van der Waals surface area contributed by atoms with Crippen LogP contribution in [0.15, 0.2) is 30.7 Å². The van der Waals surface area contributed by atoms with Crippen molar-refractivity contribution in [2.24, 2.45) is 0 Å². The second-order valence-electron chi connectivity index (χ2n) is 3.45. The van der Waals surface area contributed by atoms with E-state index in [0.29, 0.717) is 0 Å². The molecule has 2 aromatic rings. The number of rotatable bonds is 4. The SMILES string of the molecule is Cc1cccc(CNCc2cnc[nH]2)n1. The summed E-state index contributed by atoms with van der Waals surface area (Å²) in [7, 11) is 0. The molecule has 78 valence electrons. The van der Waals surface area contributed by atoms with Crippen molar-refractivity contribution in [1.82, 2.24) is 20.3 Å². The summed E-state index contributed by atoms with van der Waals surface area (Å²) in [4.78, 5) is 11.4. The molecule has 4 nitrogen and oxygen atoms in total. The molecule has 0 aliphatic carbocycles. The van der Waals surface area contributed by atoms with Gasteiger partial charge < -0.3 is 10.3 Å². The van der Waals surface area contributed by atoms with E-state index in [9.17, 15) is 0 Å². The number of aryl methyl sites for hydroxylation is 1. The average molecular weight is 202 g/mol. The molecule has 2 aromatic heterocycles. The Morgan fingerprint density at radius 3 is 3.00 bits per heavy atom. The van der Waals surface area contributed by atoms with Gasteiger partial charge in [-0.2, -0.15) is 0 Å². The lowest BCUT2D eigenvalue weighted by Crippen LogP contribution is -2.14. The van der Waals surface area contributed by atoms with Gasteiger partial charge in [-0.1, -0.05) is 6.07 Å². The van der Waals surface area contributed by atoms with Crippen molar-refractivity contribution in [3.05, 3.63) is 47.8 Å². The topological polar surface area (TPSA) is 53.6 Å². The highest BCUT2D eigenvalue weighted by atomic mass is 14.9. The lowest BCUT2D eigenvalue weighted by Gasteiger charge is -2.03. The van der Waals surface area contributed by atoms with Gasteiger partial charge in [0.05, 0.1) is 12.0 Å². The van der Waals surface area contributed by atoms with Crippen LogP contribution in [0, 0.1) is 6.92 Å². The smallest absolute Gasteiger partial charge is 0.0922 e. The summed E-state index contributed by atoms with van der Waals surface area (Å²) < 4.78 is 0. The van der Waals surface area contributed by atoms with Crippen LogP contribution in [-0.2, 0) is 13.1 Å². The van der Waals surface area contributed by atoms with Gasteiger partial charge >= 0.3 is 0 Å². The fourth-order valence-corrected chi connectivity index (χ4v) is 1.40. The highest BCUT2D eigenvalue weighted by Crippen LogP contribution is 1.98. The van der Waals surface area contributed by atoms with Crippen molar-refractivity contribution in [1.29, 1.82) is 0 Å². The number of hydrogen-bond acceptors (Lipinski definition) is 3. The zero-order chi connectivity index (χ0) is 10.5. The van der Waals surface area contributed by atoms with Crippen molar-refractivity contribution in [2.75, 3.05) is 0 Å². The first-order valence-corrected chi connectivity index (χ1v) is 4.95. The molecule has 2 rings (SSSR count). The molecule has 2 heterocycles. The van der Waals surface area contributed by atoms with Gasteiger partial charge in [0, 0.05) is 30.7 Å². The second kappa shape index (κ2) is 4.70. The van der Waals surface area contributed by atoms with E-state index in [1.807, 2.05) is 31.3 Å². The van der Waals surface area contributed by atoms with Crippen LogP contribution < -0.4 is 5.32 Å². The first kappa shape index (κ1) is 9.86. The van der Waals surface area contributed by atoms with Gasteiger partial charge in [-0.25, -0.2) is 4.98 Å². The maximum Gasteiger partial charge on any atom is 0.0922 e. The number of hydrogen-bond donors (Lipinski definition) is 2. The number of aromatic amines is 1. The molecular weight excluding hydrogens is 188 g/mol. The molecule has 0 saturated heterocycles. The van der Waals surface area contributed by atoms with E-state index in [1.165, 1.54) is 0 Å². The molecule has 0 atom stereocenters. The van der Waals surface area contributed by atoms with E-state index in [1.54, 1.807) is 6.33 Å². The van der Waals surface area contributed by atoms with Gasteiger partial charge in [0.1, 0.15) is 0 Å². The molecule has 2 N–H and O–H groups in total. The van der Waals surface area contributed by atoms with Crippen molar-refractivity contribution >= 4 is 0 Å². The third kappa shape index (κ3) is 2.89. The number of nitrogens with zero attached hydrogens (tertiary/aromatic N) is 2. The Bertz CT molecular complexity index is 408. The second-order valence-corrected chi connectivity index (χ2v) is 3.45. The molecule has 0 bridgehead atoms. The predicted octanol–water partition coefficient (Wildman–Crippen LogP) is 1.40. The van der Waals surface area contributed by atoms with Crippen LogP contribution in [0.4, 0.5) is 0 Å². The summed E-state index contributed by atoms with van der Waals surface area (Å²) in [5.41, 5.74) is 3.20. The minimum absolute atomic E-state index is 0.778. The van der Waals surface area contributed by atoms with Crippen LogP contribution in [-0.4, -0.2) is 15.0 Å². The average Bonchev–Trinajstić information content (AvgIpc) is 2.71.